The number of amides is 2. The topological polar surface area (TPSA) is 58.2 Å². The average Bonchev–Trinajstić information content (AvgIpc) is 2.51. The summed E-state index contributed by atoms with van der Waals surface area (Å²) in [6.45, 7) is 0.689. The smallest absolute Gasteiger partial charge is 0.251 e. The lowest BCUT2D eigenvalue weighted by molar-refractivity contribution is 0.0927. The summed E-state index contributed by atoms with van der Waals surface area (Å²) in [5, 5.41) is 5.97. The number of carbonyl (C=O) groups excluding carboxylic acids is 2. The van der Waals surface area contributed by atoms with Crippen LogP contribution in [0.3, 0.4) is 0 Å². The number of hydrogen-bond donors (Lipinski definition) is 2. The maximum atomic E-state index is 11.9. The molecule has 2 aromatic carbocycles. The Balaban J connectivity index is 1.76. The Morgan fingerprint density at radius 3 is 2.09 bits per heavy atom. The van der Waals surface area contributed by atoms with Crippen molar-refractivity contribution in [2.45, 2.75) is 0 Å². The van der Waals surface area contributed by atoms with Crippen molar-refractivity contribution in [3.05, 3.63) is 69.2 Å². The van der Waals surface area contributed by atoms with Crippen LogP contribution in [0.4, 0.5) is 0 Å². The molecule has 0 radical (unpaired) electrons. The SMILES string of the molecule is O=C(NCCNC(=O)c1cccc(Cl)c1)c1ccc(Br)cc1. The lowest BCUT2D eigenvalue weighted by Gasteiger charge is -2.07. The molecule has 0 aliphatic rings. The highest BCUT2D eigenvalue weighted by molar-refractivity contribution is 9.10. The number of hydrogen-bond acceptors (Lipinski definition) is 2. The molecule has 0 aliphatic heterocycles. The van der Waals surface area contributed by atoms with E-state index in [1.165, 1.54) is 0 Å². The van der Waals surface area contributed by atoms with Gasteiger partial charge in [-0.2, -0.15) is 0 Å². The third-order valence-corrected chi connectivity index (χ3v) is 3.65. The second-order valence-electron chi connectivity index (χ2n) is 4.53. The molecule has 0 saturated carbocycles. The van der Waals surface area contributed by atoms with Gasteiger partial charge >= 0.3 is 0 Å². The van der Waals surface area contributed by atoms with Gasteiger partial charge in [-0.1, -0.05) is 33.6 Å². The summed E-state index contributed by atoms with van der Waals surface area (Å²) in [6.07, 6.45) is 0. The highest BCUT2D eigenvalue weighted by Gasteiger charge is 2.07. The number of carbonyl (C=O) groups is 2. The van der Waals surface area contributed by atoms with E-state index in [1.807, 2.05) is 0 Å². The van der Waals surface area contributed by atoms with E-state index >= 15 is 0 Å². The summed E-state index contributed by atoms with van der Waals surface area (Å²) in [4.78, 5) is 23.7. The van der Waals surface area contributed by atoms with Crippen LogP contribution in [0.5, 0.6) is 0 Å². The first kappa shape index (κ1) is 16.5. The molecular weight excluding hydrogens is 368 g/mol. The Labute approximate surface area is 142 Å². The van der Waals surface area contributed by atoms with Crippen molar-refractivity contribution < 1.29 is 9.59 Å². The molecule has 0 unspecified atom stereocenters. The van der Waals surface area contributed by atoms with Crippen LogP contribution in [0.25, 0.3) is 0 Å². The van der Waals surface area contributed by atoms with Gasteiger partial charge in [-0.3, -0.25) is 9.59 Å². The van der Waals surface area contributed by atoms with E-state index in [0.29, 0.717) is 29.2 Å². The van der Waals surface area contributed by atoms with Gasteiger partial charge in [0.1, 0.15) is 0 Å². The van der Waals surface area contributed by atoms with Crippen LogP contribution in [0.1, 0.15) is 20.7 Å². The molecule has 2 N–H and O–H groups in total. The van der Waals surface area contributed by atoms with Crippen LogP contribution in [0.2, 0.25) is 5.02 Å². The number of halogens is 2. The fourth-order valence-electron chi connectivity index (χ4n) is 1.79. The molecule has 0 aromatic heterocycles. The van der Waals surface area contributed by atoms with Crippen LogP contribution in [-0.4, -0.2) is 24.9 Å². The fraction of sp³-hybridized carbons (Fsp3) is 0.125. The lowest BCUT2D eigenvalue weighted by Crippen LogP contribution is -2.34. The van der Waals surface area contributed by atoms with E-state index < -0.39 is 0 Å². The van der Waals surface area contributed by atoms with Crippen LogP contribution in [-0.2, 0) is 0 Å². The highest BCUT2D eigenvalue weighted by Crippen LogP contribution is 2.11. The summed E-state index contributed by atoms with van der Waals surface area (Å²) in [6, 6.07) is 13.8. The van der Waals surface area contributed by atoms with Crippen molar-refractivity contribution in [1.82, 2.24) is 10.6 Å². The van der Waals surface area contributed by atoms with Gasteiger partial charge in [-0.25, -0.2) is 0 Å². The van der Waals surface area contributed by atoms with E-state index in [-0.39, 0.29) is 11.8 Å². The Kier molecular flexibility index (Phi) is 5.98. The first-order valence-corrected chi connectivity index (χ1v) is 7.81. The molecule has 0 heterocycles. The van der Waals surface area contributed by atoms with Crippen molar-refractivity contribution in [1.29, 1.82) is 0 Å². The Morgan fingerprint density at radius 2 is 1.50 bits per heavy atom. The number of benzene rings is 2. The molecular formula is C16H14BrClN2O2. The van der Waals surface area contributed by atoms with E-state index in [9.17, 15) is 9.59 Å². The quantitative estimate of drug-likeness (QED) is 0.781. The van der Waals surface area contributed by atoms with E-state index in [1.54, 1.807) is 48.5 Å². The molecule has 0 spiro atoms. The Hall–Kier alpha value is -1.85. The fourth-order valence-corrected chi connectivity index (χ4v) is 2.24. The maximum absolute atomic E-state index is 11.9. The number of rotatable bonds is 5. The van der Waals surface area contributed by atoms with Crippen LogP contribution in [0, 0.1) is 0 Å². The first-order valence-electron chi connectivity index (χ1n) is 6.64. The van der Waals surface area contributed by atoms with Crippen LogP contribution < -0.4 is 10.6 Å². The molecule has 0 saturated heterocycles. The minimum absolute atomic E-state index is 0.176. The second kappa shape index (κ2) is 7.96. The minimum atomic E-state index is -0.222. The first-order chi connectivity index (χ1) is 10.6. The Bertz CT molecular complexity index is 674. The van der Waals surface area contributed by atoms with Crippen molar-refractivity contribution >= 4 is 39.3 Å². The van der Waals surface area contributed by atoms with E-state index in [4.69, 9.17) is 11.6 Å². The molecule has 0 fully saturated rings. The van der Waals surface area contributed by atoms with Crippen molar-refractivity contribution in [2.75, 3.05) is 13.1 Å². The van der Waals surface area contributed by atoms with Gasteiger partial charge in [0.25, 0.3) is 11.8 Å². The molecule has 0 bridgehead atoms. The normalized spacial score (nSPS) is 10.1. The zero-order valence-corrected chi connectivity index (χ0v) is 13.9. The molecule has 22 heavy (non-hydrogen) atoms. The predicted octanol–water partition coefficient (Wildman–Crippen LogP) is 3.26. The molecule has 114 valence electrons. The molecule has 4 nitrogen and oxygen atoms in total. The summed E-state index contributed by atoms with van der Waals surface area (Å²) in [7, 11) is 0. The van der Waals surface area contributed by atoms with E-state index in [2.05, 4.69) is 26.6 Å². The lowest BCUT2D eigenvalue weighted by atomic mass is 10.2. The highest BCUT2D eigenvalue weighted by atomic mass is 79.9. The third-order valence-electron chi connectivity index (χ3n) is 2.89. The van der Waals surface area contributed by atoms with Crippen LogP contribution in [0.15, 0.2) is 53.0 Å². The standard InChI is InChI=1S/C16H14BrClN2O2/c17-13-6-4-11(5-7-13)15(21)19-8-9-20-16(22)12-2-1-3-14(18)10-12/h1-7,10H,8-9H2,(H,19,21)(H,20,22). The maximum Gasteiger partial charge on any atom is 0.251 e. The largest absolute Gasteiger partial charge is 0.350 e. The molecule has 6 heteroatoms. The zero-order valence-electron chi connectivity index (χ0n) is 11.6. The predicted molar refractivity (Wildman–Crippen MR) is 90.3 cm³/mol. The van der Waals surface area contributed by atoms with Crippen molar-refractivity contribution in [2.24, 2.45) is 0 Å². The van der Waals surface area contributed by atoms with Crippen molar-refractivity contribution in [3.63, 3.8) is 0 Å². The molecule has 0 atom stereocenters. The molecule has 2 amide bonds. The van der Waals surface area contributed by atoms with Gasteiger partial charge in [0, 0.05) is 33.7 Å². The summed E-state index contributed by atoms with van der Waals surface area (Å²) < 4.78 is 0.915. The molecule has 2 rings (SSSR count). The van der Waals surface area contributed by atoms with Gasteiger partial charge in [0.15, 0.2) is 0 Å². The van der Waals surface area contributed by atoms with Gasteiger partial charge in [0.05, 0.1) is 0 Å². The Morgan fingerprint density at radius 1 is 0.909 bits per heavy atom. The summed E-state index contributed by atoms with van der Waals surface area (Å²) >= 11 is 9.14. The average molecular weight is 382 g/mol. The van der Waals surface area contributed by atoms with Crippen molar-refractivity contribution in [3.8, 4) is 0 Å². The summed E-state index contributed by atoms with van der Waals surface area (Å²) in [5.74, 6) is -0.398. The van der Waals surface area contributed by atoms with Crippen LogP contribution >= 0.6 is 27.5 Å². The van der Waals surface area contributed by atoms with Gasteiger partial charge in [-0.05, 0) is 42.5 Å². The van der Waals surface area contributed by atoms with Gasteiger partial charge in [-0.15, -0.1) is 0 Å². The third kappa shape index (κ3) is 4.86. The minimum Gasteiger partial charge on any atom is -0.350 e. The number of nitrogens with one attached hydrogen (secondary N) is 2. The van der Waals surface area contributed by atoms with E-state index in [0.717, 1.165) is 4.47 Å². The zero-order chi connectivity index (χ0) is 15.9. The van der Waals surface area contributed by atoms with Gasteiger partial charge in [0.2, 0.25) is 0 Å². The molecule has 0 aliphatic carbocycles. The van der Waals surface area contributed by atoms with Gasteiger partial charge < -0.3 is 10.6 Å². The summed E-state index contributed by atoms with van der Waals surface area (Å²) in [5.41, 5.74) is 1.07. The monoisotopic (exact) mass is 380 g/mol. The second-order valence-corrected chi connectivity index (χ2v) is 5.88. The molecule has 2 aromatic rings.